The number of ether oxygens (including phenoxy) is 2. The van der Waals surface area contributed by atoms with Crippen LogP contribution in [0.2, 0.25) is 5.02 Å². The van der Waals surface area contributed by atoms with Gasteiger partial charge in [0.15, 0.2) is 0 Å². The van der Waals surface area contributed by atoms with Crippen LogP contribution < -0.4 is 29.3 Å². The summed E-state index contributed by atoms with van der Waals surface area (Å²) in [7, 11) is 6.31. The van der Waals surface area contributed by atoms with Gasteiger partial charge in [0.2, 0.25) is 0 Å². The number of halogens is 2. The predicted octanol–water partition coefficient (Wildman–Crippen LogP) is -0.634. The molecule has 2 rings (SSSR count). The summed E-state index contributed by atoms with van der Waals surface area (Å²) in [4.78, 5) is 11.6. The van der Waals surface area contributed by atoms with Gasteiger partial charge in [0.25, 0.3) is 0 Å². The summed E-state index contributed by atoms with van der Waals surface area (Å²) < 4.78 is 11.4. The average Bonchev–Trinajstić information content (AvgIpc) is 3.05. The van der Waals surface area contributed by atoms with Gasteiger partial charge >= 0.3 is 6.09 Å². The van der Waals surface area contributed by atoms with Gasteiger partial charge < -0.3 is 37.9 Å². The molecular weight excluding hydrogens is 407 g/mol. The smallest absolute Gasteiger partial charge is 0.411 e. The Kier molecular flexibility index (Phi) is 6.71. The van der Waals surface area contributed by atoms with E-state index in [2.05, 4.69) is 26.5 Å². The molecule has 7 heteroatoms. The van der Waals surface area contributed by atoms with E-state index < -0.39 is 6.09 Å². The molecule has 5 nitrogen and oxygen atoms in total. The Hall–Kier alpha value is -0.570. The minimum atomic E-state index is -0.480. The van der Waals surface area contributed by atoms with Crippen LogP contribution in [0.3, 0.4) is 0 Å². The number of epoxide rings is 1. The van der Waals surface area contributed by atoms with E-state index >= 15 is 0 Å². The van der Waals surface area contributed by atoms with Crippen LogP contribution in [0.5, 0.6) is 0 Å². The molecule has 0 saturated carbocycles. The number of benzene rings is 1. The van der Waals surface area contributed by atoms with Crippen molar-refractivity contribution in [2.24, 2.45) is 0 Å². The minimum Gasteiger partial charge on any atom is -1.00 e. The van der Waals surface area contributed by atoms with Crippen LogP contribution in [-0.2, 0) is 9.47 Å². The molecular formula is C14H20ClIN2O3. The fraction of sp³-hybridized carbons (Fsp3) is 0.500. The molecule has 1 saturated heterocycles. The molecule has 2 atom stereocenters. The number of anilines is 1. The molecule has 1 aromatic carbocycles. The van der Waals surface area contributed by atoms with Crippen molar-refractivity contribution in [3.8, 4) is 0 Å². The standard InChI is InChI=1S/C14H19ClN2O3.HI/c1-17(2,3)8-12-13(20-12)9-19-14(18)16-11-6-4-10(15)5-7-11;/h4-7,12-13H,8-9H2,1-3H3;1H/t12-,13-;/m1./s1. The minimum absolute atomic E-state index is 0. The first-order valence-corrected chi connectivity index (χ1v) is 6.86. The van der Waals surface area contributed by atoms with Crippen LogP contribution in [0.15, 0.2) is 24.3 Å². The SMILES string of the molecule is C[N+](C)(C)C[C@H]1O[C@@H]1COC(=O)Nc1ccc(Cl)cc1.[I-]. The number of nitrogens with zero attached hydrogens (tertiary/aromatic N) is 1. The van der Waals surface area contributed by atoms with Crippen LogP contribution in [-0.4, -0.2) is 57.1 Å². The Morgan fingerprint density at radius 3 is 2.48 bits per heavy atom. The summed E-state index contributed by atoms with van der Waals surface area (Å²) in [5.41, 5.74) is 0.652. The third-order valence-electron chi connectivity index (χ3n) is 2.88. The maximum absolute atomic E-state index is 11.6. The quantitative estimate of drug-likeness (QED) is 0.387. The molecule has 1 aliphatic rings. The van der Waals surface area contributed by atoms with Gasteiger partial charge in [-0.05, 0) is 24.3 Å². The van der Waals surface area contributed by atoms with E-state index in [1.807, 2.05) is 0 Å². The Labute approximate surface area is 147 Å². The molecule has 0 aliphatic carbocycles. The Bertz CT molecular complexity index is 476. The van der Waals surface area contributed by atoms with Gasteiger partial charge in [0.1, 0.15) is 25.4 Å². The van der Waals surface area contributed by atoms with Crippen LogP contribution >= 0.6 is 11.6 Å². The van der Waals surface area contributed by atoms with Crippen molar-refractivity contribution in [3.63, 3.8) is 0 Å². The number of carbonyl (C=O) groups excluding carboxylic acids is 1. The summed E-state index contributed by atoms with van der Waals surface area (Å²) >= 11 is 5.77. The molecule has 118 valence electrons. The van der Waals surface area contributed by atoms with Crippen LogP contribution in [0.25, 0.3) is 0 Å². The summed E-state index contributed by atoms with van der Waals surface area (Å²) in [5, 5.41) is 3.26. The number of amides is 1. The third kappa shape index (κ3) is 6.82. The second-order valence-corrected chi connectivity index (χ2v) is 6.35. The number of hydrogen-bond donors (Lipinski definition) is 1. The average molecular weight is 427 g/mol. The van der Waals surface area contributed by atoms with E-state index in [9.17, 15) is 4.79 Å². The lowest BCUT2D eigenvalue weighted by Crippen LogP contribution is -3.00. The Morgan fingerprint density at radius 2 is 1.90 bits per heavy atom. The van der Waals surface area contributed by atoms with Gasteiger partial charge in [-0.3, -0.25) is 5.32 Å². The zero-order valence-corrected chi connectivity index (χ0v) is 15.2. The molecule has 1 N–H and O–H groups in total. The molecule has 0 spiro atoms. The van der Waals surface area contributed by atoms with Crippen molar-refractivity contribution in [3.05, 3.63) is 29.3 Å². The van der Waals surface area contributed by atoms with Crippen LogP contribution in [0.4, 0.5) is 10.5 Å². The van der Waals surface area contributed by atoms with Crippen molar-refractivity contribution in [2.75, 3.05) is 39.6 Å². The topological polar surface area (TPSA) is 50.9 Å². The number of carbonyl (C=O) groups is 1. The molecule has 1 fully saturated rings. The van der Waals surface area contributed by atoms with Crippen molar-refractivity contribution in [1.29, 1.82) is 0 Å². The largest absolute Gasteiger partial charge is 1.00 e. The fourth-order valence-electron chi connectivity index (χ4n) is 1.87. The number of rotatable bonds is 5. The van der Waals surface area contributed by atoms with Gasteiger partial charge in [-0.2, -0.15) is 0 Å². The maximum atomic E-state index is 11.6. The van der Waals surface area contributed by atoms with E-state index in [1.54, 1.807) is 24.3 Å². The molecule has 0 unspecified atom stereocenters. The summed E-state index contributed by atoms with van der Waals surface area (Å²) in [6.07, 6.45) is -0.284. The van der Waals surface area contributed by atoms with E-state index in [-0.39, 0.29) is 42.8 Å². The summed E-state index contributed by atoms with van der Waals surface area (Å²) in [6, 6.07) is 6.85. The van der Waals surface area contributed by atoms with E-state index in [4.69, 9.17) is 21.1 Å². The van der Waals surface area contributed by atoms with Gasteiger partial charge in [-0.15, -0.1) is 0 Å². The Balaban J connectivity index is 0.00000220. The van der Waals surface area contributed by atoms with Crippen molar-refractivity contribution in [2.45, 2.75) is 12.2 Å². The normalized spacial score (nSPS) is 20.4. The first-order chi connectivity index (χ1) is 9.33. The Morgan fingerprint density at radius 1 is 1.29 bits per heavy atom. The fourth-order valence-corrected chi connectivity index (χ4v) is 2.00. The van der Waals surface area contributed by atoms with E-state index in [0.717, 1.165) is 11.0 Å². The molecule has 0 aromatic heterocycles. The van der Waals surface area contributed by atoms with Crippen LogP contribution in [0, 0.1) is 0 Å². The number of hydrogen-bond acceptors (Lipinski definition) is 3. The lowest BCUT2D eigenvalue weighted by atomic mass is 10.3. The lowest BCUT2D eigenvalue weighted by molar-refractivity contribution is -0.870. The lowest BCUT2D eigenvalue weighted by Gasteiger charge is -2.22. The molecule has 1 heterocycles. The second-order valence-electron chi connectivity index (χ2n) is 5.92. The van der Waals surface area contributed by atoms with Gasteiger partial charge in [-0.25, -0.2) is 4.79 Å². The molecule has 21 heavy (non-hydrogen) atoms. The molecule has 1 amide bonds. The van der Waals surface area contributed by atoms with Gasteiger partial charge in [0.05, 0.1) is 21.1 Å². The zero-order chi connectivity index (χ0) is 14.8. The second kappa shape index (κ2) is 7.62. The summed E-state index contributed by atoms with van der Waals surface area (Å²) in [5.74, 6) is 0. The molecule has 1 aromatic rings. The van der Waals surface area contributed by atoms with Crippen LogP contribution in [0.1, 0.15) is 0 Å². The van der Waals surface area contributed by atoms with Gasteiger partial charge in [-0.1, -0.05) is 11.6 Å². The first kappa shape index (κ1) is 18.5. The highest BCUT2D eigenvalue weighted by molar-refractivity contribution is 6.30. The first-order valence-electron chi connectivity index (χ1n) is 6.49. The number of nitrogens with one attached hydrogen (secondary N) is 1. The molecule has 1 aliphatic heterocycles. The number of likely N-dealkylation sites (N-methyl/N-ethyl adjacent to an activating group) is 1. The van der Waals surface area contributed by atoms with Crippen molar-refractivity contribution in [1.82, 2.24) is 0 Å². The van der Waals surface area contributed by atoms with Crippen molar-refractivity contribution < 1.29 is 42.7 Å². The highest BCUT2D eigenvalue weighted by Gasteiger charge is 2.43. The molecule has 0 radical (unpaired) electrons. The van der Waals surface area contributed by atoms with E-state index in [1.165, 1.54) is 0 Å². The maximum Gasteiger partial charge on any atom is 0.411 e. The number of quaternary nitrogens is 1. The third-order valence-corrected chi connectivity index (χ3v) is 3.14. The summed E-state index contributed by atoms with van der Waals surface area (Å²) in [6.45, 7) is 1.19. The van der Waals surface area contributed by atoms with Crippen molar-refractivity contribution >= 4 is 23.4 Å². The highest BCUT2D eigenvalue weighted by atomic mass is 127. The monoisotopic (exact) mass is 426 g/mol. The molecule has 0 bridgehead atoms. The highest BCUT2D eigenvalue weighted by Crippen LogP contribution is 2.24. The van der Waals surface area contributed by atoms with E-state index in [0.29, 0.717) is 10.7 Å². The zero-order valence-electron chi connectivity index (χ0n) is 12.3. The predicted molar refractivity (Wildman–Crippen MR) is 78.0 cm³/mol. The van der Waals surface area contributed by atoms with Gasteiger partial charge in [0, 0.05) is 10.7 Å².